The van der Waals surface area contributed by atoms with Gasteiger partial charge >= 0.3 is 0 Å². The summed E-state index contributed by atoms with van der Waals surface area (Å²) in [6.45, 7) is 4.22. The van der Waals surface area contributed by atoms with E-state index in [1.165, 1.54) is 0 Å². The summed E-state index contributed by atoms with van der Waals surface area (Å²) in [6.07, 6.45) is 0.855. The van der Waals surface area contributed by atoms with Crippen molar-refractivity contribution < 1.29 is 9.00 Å². The van der Waals surface area contributed by atoms with E-state index in [4.69, 9.17) is 23.2 Å². The van der Waals surface area contributed by atoms with Crippen LogP contribution in [0.3, 0.4) is 0 Å². The monoisotopic (exact) mass is 321 g/mol. The van der Waals surface area contributed by atoms with Crippen LogP contribution in [-0.2, 0) is 21.3 Å². The molecular weight excluding hydrogens is 305 g/mol. The average molecular weight is 322 g/mol. The van der Waals surface area contributed by atoms with Crippen molar-refractivity contribution in [2.45, 2.75) is 31.3 Å². The Bertz CT molecular complexity index is 480. The molecule has 19 heavy (non-hydrogen) atoms. The third-order valence-corrected chi connectivity index (χ3v) is 4.81. The van der Waals surface area contributed by atoms with Gasteiger partial charge in [0.25, 0.3) is 0 Å². The van der Waals surface area contributed by atoms with Crippen molar-refractivity contribution in [2.24, 2.45) is 0 Å². The summed E-state index contributed by atoms with van der Waals surface area (Å²) < 4.78 is 12.1. The number of rotatable bonds is 6. The third-order valence-electron chi connectivity index (χ3n) is 2.63. The highest BCUT2D eigenvalue weighted by atomic mass is 35.5. The summed E-state index contributed by atoms with van der Waals surface area (Å²) >= 11 is 11.8. The van der Waals surface area contributed by atoms with E-state index in [0.717, 1.165) is 12.0 Å². The Morgan fingerprint density at radius 3 is 2.68 bits per heavy atom. The van der Waals surface area contributed by atoms with E-state index in [-0.39, 0.29) is 11.7 Å². The van der Waals surface area contributed by atoms with Gasteiger partial charge in [-0.05, 0) is 31.0 Å². The number of nitrogens with one attached hydrogen (secondary N) is 1. The van der Waals surface area contributed by atoms with Gasteiger partial charge in [-0.15, -0.1) is 0 Å². The lowest BCUT2D eigenvalue weighted by molar-refractivity contribution is -0.120. The number of halogens is 2. The molecule has 1 N–H and O–H groups in total. The summed E-state index contributed by atoms with van der Waals surface area (Å²) in [5.41, 5.74) is 0.736. The minimum atomic E-state index is -1.31. The van der Waals surface area contributed by atoms with E-state index in [1.807, 2.05) is 6.92 Å². The molecule has 3 nitrogen and oxygen atoms in total. The second-order valence-corrected chi connectivity index (χ2v) is 6.79. The van der Waals surface area contributed by atoms with E-state index >= 15 is 0 Å². The molecular formula is C13H17Cl2NO2S. The van der Waals surface area contributed by atoms with Crippen LogP contribution in [0.2, 0.25) is 10.0 Å². The number of benzene rings is 1. The van der Waals surface area contributed by atoms with Crippen molar-refractivity contribution in [1.82, 2.24) is 5.32 Å². The molecule has 1 rings (SSSR count). The van der Waals surface area contributed by atoms with Crippen molar-refractivity contribution in [3.63, 3.8) is 0 Å². The molecule has 0 spiro atoms. The molecule has 0 aromatic heterocycles. The summed E-state index contributed by atoms with van der Waals surface area (Å²) in [6, 6.07) is 5.04. The van der Waals surface area contributed by atoms with Gasteiger partial charge in [0.1, 0.15) is 5.25 Å². The Labute approximate surface area is 126 Å². The maximum absolute atomic E-state index is 12.1. The largest absolute Gasteiger partial charge is 0.355 e. The molecule has 0 saturated heterocycles. The smallest absolute Gasteiger partial charge is 0.235 e. The SMILES string of the molecule is CCCNC(=O)[C@H](C)[S@@](=O)Cc1ccc(Cl)cc1Cl. The van der Waals surface area contributed by atoms with Gasteiger partial charge in [-0.3, -0.25) is 9.00 Å². The number of hydrogen-bond donors (Lipinski definition) is 1. The molecule has 6 heteroatoms. The Morgan fingerprint density at radius 1 is 1.42 bits per heavy atom. The molecule has 0 aliphatic heterocycles. The molecule has 0 unspecified atom stereocenters. The molecule has 106 valence electrons. The first-order valence-corrected chi connectivity index (χ1v) is 8.18. The lowest BCUT2D eigenvalue weighted by Crippen LogP contribution is -2.36. The highest BCUT2D eigenvalue weighted by Crippen LogP contribution is 2.22. The molecule has 0 saturated carbocycles. The lowest BCUT2D eigenvalue weighted by Gasteiger charge is -2.12. The van der Waals surface area contributed by atoms with Gasteiger partial charge in [0.15, 0.2) is 0 Å². The minimum absolute atomic E-state index is 0.190. The van der Waals surface area contributed by atoms with Gasteiger partial charge in [-0.1, -0.05) is 36.2 Å². The lowest BCUT2D eigenvalue weighted by atomic mass is 10.2. The molecule has 1 amide bonds. The first-order chi connectivity index (χ1) is 8.95. The van der Waals surface area contributed by atoms with Crippen molar-refractivity contribution in [2.75, 3.05) is 6.54 Å². The van der Waals surface area contributed by atoms with Gasteiger partial charge in [0.2, 0.25) is 5.91 Å². The standard InChI is InChI=1S/C13H17Cl2NO2S/c1-3-6-16-13(17)9(2)19(18)8-10-4-5-11(14)7-12(10)15/h4-5,7,9H,3,6,8H2,1-2H3,(H,16,17)/t9-,19-/m0/s1. The molecule has 0 bridgehead atoms. The van der Waals surface area contributed by atoms with E-state index in [9.17, 15) is 9.00 Å². The molecule has 0 aliphatic rings. The van der Waals surface area contributed by atoms with Crippen LogP contribution in [0.1, 0.15) is 25.8 Å². The summed E-state index contributed by atoms with van der Waals surface area (Å²) in [5.74, 6) is 0.0572. The maximum Gasteiger partial charge on any atom is 0.235 e. The second-order valence-electron chi connectivity index (χ2n) is 4.19. The predicted molar refractivity (Wildman–Crippen MR) is 81.1 cm³/mol. The molecule has 2 atom stereocenters. The first kappa shape index (κ1) is 16.5. The van der Waals surface area contributed by atoms with Crippen LogP contribution in [0, 0.1) is 0 Å². The highest BCUT2D eigenvalue weighted by Gasteiger charge is 2.20. The van der Waals surface area contributed by atoms with E-state index in [2.05, 4.69) is 5.32 Å². The van der Waals surface area contributed by atoms with Crippen molar-refractivity contribution in [3.8, 4) is 0 Å². The van der Waals surface area contributed by atoms with Crippen LogP contribution in [0.5, 0.6) is 0 Å². The molecule has 1 aromatic carbocycles. The molecule has 0 radical (unpaired) electrons. The fraction of sp³-hybridized carbons (Fsp3) is 0.462. The molecule has 0 fully saturated rings. The van der Waals surface area contributed by atoms with Crippen molar-refractivity contribution in [1.29, 1.82) is 0 Å². The summed E-state index contributed by atoms with van der Waals surface area (Å²) in [5, 5.41) is 3.19. The van der Waals surface area contributed by atoms with E-state index in [1.54, 1.807) is 25.1 Å². The number of carbonyl (C=O) groups is 1. The van der Waals surface area contributed by atoms with Crippen molar-refractivity contribution >= 4 is 39.9 Å². The summed E-state index contributed by atoms with van der Waals surface area (Å²) in [7, 11) is -1.31. The van der Waals surface area contributed by atoms with Crippen LogP contribution in [0.15, 0.2) is 18.2 Å². The van der Waals surface area contributed by atoms with E-state index in [0.29, 0.717) is 16.6 Å². The van der Waals surface area contributed by atoms with Gasteiger partial charge < -0.3 is 5.32 Å². The Balaban J connectivity index is 2.66. The zero-order chi connectivity index (χ0) is 14.4. The zero-order valence-electron chi connectivity index (χ0n) is 10.9. The Hall–Kier alpha value is -0.580. The van der Waals surface area contributed by atoms with Crippen molar-refractivity contribution in [3.05, 3.63) is 33.8 Å². The van der Waals surface area contributed by atoms with Crippen LogP contribution in [-0.4, -0.2) is 21.9 Å². The topological polar surface area (TPSA) is 46.2 Å². The highest BCUT2D eigenvalue weighted by molar-refractivity contribution is 7.85. The van der Waals surface area contributed by atoms with Gasteiger partial charge in [-0.25, -0.2) is 0 Å². The minimum Gasteiger partial charge on any atom is -0.355 e. The zero-order valence-corrected chi connectivity index (χ0v) is 13.2. The molecule has 1 aromatic rings. The first-order valence-electron chi connectivity index (χ1n) is 6.04. The fourth-order valence-corrected chi connectivity index (χ4v) is 3.11. The van der Waals surface area contributed by atoms with Crippen LogP contribution in [0.4, 0.5) is 0 Å². The maximum atomic E-state index is 12.1. The van der Waals surface area contributed by atoms with Crippen LogP contribution in [0.25, 0.3) is 0 Å². The molecule has 0 aliphatic carbocycles. The third kappa shape index (κ3) is 5.13. The number of amides is 1. The Kier molecular flexibility index (Phi) is 6.83. The number of hydrogen-bond acceptors (Lipinski definition) is 2. The second kappa shape index (κ2) is 7.88. The van der Waals surface area contributed by atoms with E-state index < -0.39 is 16.0 Å². The average Bonchev–Trinajstić information content (AvgIpc) is 2.38. The van der Waals surface area contributed by atoms with Gasteiger partial charge in [0.05, 0.1) is 5.75 Å². The van der Waals surface area contributed by atoms with Gasteiger partial charge in [-0.2, -0.15) is 0 Å². The van der Waals surface area contributed by atoms with Crippen LogP contribution >= 0.6 is 23.2 Å². The quantitative estimate of drug-likeness (QED) is 0.874. The van der Waals surface area contributed by atoms with Gasteiger partial charge in [0, 0.05) is 27.4 Å². The summed E-state index contributed by atoms with van der Waals surface area (Å²) in [4.78, 5) is 11.7. The molecule has 0 heterocycles. The fourth-order valence-electron chi connectivity index (χ4n) is 1.43. The number of carbonyl (C=O) groups excluding carboxylic acids is 1. The Morgan fingerprint density at radius 2 is 2.11 bits per heavy atom. The predicted octanol–water partition coefficient (Wildman–Crippen LogP) is 3.16. The normalized spacial score (nSPS) is 13.9. The van der Waals surface area contributed by atoms with Crippen LogP contribution < -0.4 is 5.32 Å².